The molecule has 1 saturated heterocycles. The quantitative estimate of drug-likeness (QED) is 0.674. The van der Waals surface area contributed by atoms with E-state index in [1.54, 1.807) is 35.2 Å². The van der Waals surface area contributed by atoms with Crippen LogP contribution in [0.2, 0.25) is 0 Å². The minimum Gasteiger partial charge on any atom is -0.497 e. The molecule has 4 rings (SSSR count). The Kier molecular flexibility index (Phi) is 7.07. The number of halogens is 2. The Morgan fingerprint density at radius 3 is 2.80 bits per heavy atom. The molecule has 6 nitrogen and oxygen atoms in total. The lowest BCUT2D eigenvalue weighted by atomic mass is 10.0. The standard InChI is InChI=1S/C22H23FN4O2.ClH/c1-29-20-7-5-16(6-8-20)14-26-15-18(12-25-26)22(28)27-10-9-24-13-21(27)17-3-2-4-19(23)11-17;/h2-8,11-12,15,21,24H,9-10,13-14H2,1H3;1H. The molecular formula is C22H24ClFN4O2. The van der Waals surface area contributed by atoms with Crippen molar-refractivity contribution in [2.24, 2.45) is 0 Å². The third kappa shape index (κ3) is 4.80. The monoisotopic (exact) mass is 430 g/mol. The Hall–Kier alpha value is -2.90. The summed E-state index contributed by atoms with van der Waals surface area (Å²) < 4.78 is 20.6. The van der Waals surface area contributed by atoms with E-state index in [0.29, 0.717) is 31.7 Å². The molecule has 1 amide bonds. The van der Waals surface area contributed by atoms with Crippen LogP contribution >= 0.6 is 12.4 Å². The van der Waals surface area contributed by atoms with Gasteiger partial charge in [-0.25, -0.2) is 4.39 Å². The highest BCUT2D eigenvalue weighted by atomic mass is 35.5. The first-order chi connectivity index (χ1) is 14.1. The molecule has 8 heteroatoms. The predicted molar refractivity (Wildman–Crippen MR) is 115 cm³/mol. The van der Waals surface area contributed by atoms with E-state index in [4.69, 9.17) is 4.74 Å². The van der Waals surface area contributed by atoms with Gasteiger partial charge in [0.1, 0.15) is 11.6 Å². The van der Waals surface area contributed by atoms with Gasteiger partial charge in [0.2, 0.25) is 0 Å². The number of methoxy groups -OCH3 is 1. The van der Waals surface area contributed by atoms with Gasteiger partial charge < -0.3 is 15.0 Å². The highest BCUT2D eigenvalue weighted by molar-refractivity contribution is 5.94. The van der Waals surface area contributed by atoms with Gasteiger partial charge in [0, 0.05) is 25.8 Å². The summed E-state index contributed by atoms with van der Waals surface area (Å²) in [5.74, 6) is 0.404. The van der Waals surface area contributed by atoms with Crippen LogP contribution in [0.3, 0.4) is 0 Å². The van der Waals surface area contributed by atoms with Crippen LogP contribution in [-0.2, 0) is 6.54 Å². The van der Waals surface area contributed by atoms with E-state index in [2.05, 4.69) is 10.4 Å². The van der Waals surface area contributed by atoms with E-state index >= 15 is 0 Å². The highest BCUT2D eigenvalue weighted by Gasteiger charge is 2.29. The molecule has 2 heterocycles. The molecule has 1 aliphatic rings. The van der Waals surface area contributed by atoms with Crippen LogP contribution in [0.4, 0.5) is 4.39 Å². The van der Waals surface area contributed by atoms with Crippen LogP contribution in [0, 0.1) is 5.82 Å². The van der Waals surface area contributed by atoms with Crippen LogP contribution in [0.1, 0.15) is 27.5 Å². The number of hydrogen-bond acceptors (Lipinski definition) is 4. The van der Waals surface area contributed by atoms with Gasteiger partial charge in [-0.2, -0.15) is 5.10 Å². The smallest absolute Gasteiger partial charge is 0.257 e. The fourth-order valence-corrected chi connectivity index (χ4v) is 3.60. The second kappa shape index (κ2) is 9.73. The Bertz CT molecular complexity index is 993. The average molecular weight is 431 g/mol. The first kappa shape index (κ1) is 21.8. The van der Waals surface area contributed by atoms with E-state index in [1.165, 1.54) is 12.1 Å². The Labute approximate surface area is 181 Å². The molecule has 1 aliphatic heterocycles. The number of rotatable bonds is 5. The summed E-state index contributed by atoms with van der Waals surface area (Å²) in [4.78, 5) is 14.9. The minimum atomic E-state index is -0.298. The number of nitrogens with one attached hydrogen (secondary N) is 1. The van der Waals surface area contributed by atoms with Gasteiger partial charge in [-0.05, 0) is 35.4 Å². The van der Waals surface area contributed by atoms with E-state index in [-0.39, 0.29) is 30.2 Å². The molecule has 158 valence electrons. The van der Waals surface area contributed by atoms with Crippen molar-refractivity contribution >= 4 is 18.3 Å². The Balaban J connectivity index is 0.00000256. The molecule has 1 atom stereocenters. The third-order valence-electron chi connectivity index (χ3n) is 5.12. The van der Waals surface area contributed by atoms with Crippen LogP contribution in [0.15, 0.2) is 60.9 Å². The van der Waals surface area contributed by atoms with Gasteiger partial charge in [-0.1, -0.05) is 24.3 Å². The maximum Gasteiger partial charge on any atom is 0.257 e. The highest BCUT2D eigenvalue weighted by Crippen LogP contribution is 2.25. The van der Waals surface area contributed by atoms with Crippen molar-refractivity contribution in [3.05, 3.63) is 83.4 Å². The summed E-state index contributed by atoms with van der Waals surface area (Å²) in [6.07, 6.45) is 3.35. The van der Waals surface area contributed by atoms with Crippen molar-refractivity contribution in [2.75, 3.05) is 26.7 Å². The van der Waals surface area contributed by atoms with Gasteiger partial charge >= 0.3 is 0 Å². The zero-order chi connectivity index (χ0) is 20.2. The summed E-state index contributed by atoms with van der Waals surface area (Å²) in [5.41, 5.74) is 2.38. The topological polar surface area (TPSA) is 59.4 Å². The molecule has 0 aliphatic carbocycles. The lowest BCUT2D eigenvalue weighted by Crippen LogP contribution is -2.48. The molecule has 2 aromatic carbocycles. The van der Waals surface area contributed by atoms with E-state index in [9.17, 15) is 9.18 Å². The first-order valence-electron chi connectivity index (χ1n) is 9.56. The molecule has 30 heavy (non-hydrogen) atoms. The molecular weight excluding hydrogens is 407 g/mol. The average Bonchev–Trinajstić information content (AvgIpc) is 3.22. The zero-order valence-corrected chi connectivity index (χ0v) is 17.4. The van der Waals surface area contributed by atoms with Crippen molar-refractivity contribution in [3.63, 3.8) is 0 Å². The van der Waals surface area contributed by atoms with Crippen LogP contribution < -0.4 is 10.1 Å². The number of carbonyl (C=O) groups is 1. The Morgan fingerprint density at radius 2 is 2.07 bits per heavy atom. The molecule has 0 saturated carbocycles. The van der Waals surface area contributed by atoms with Gasteiger partial charge in [0.05, 0.1) is 31.5 Å². The molecule has 0 radical (unpaired) electrons. The predicted octanol–water partition coefficient (Wildman–Crippen LogP) is 3.29. The molecule has 3 aromatic rings. The number of ether oxygens (including phenoxy) is 1. The van der Waals surface area contributed by atoms with Gasteiger partial charge in [0.15, 0.2) is 0 Å². The molecule has 1 aromatic heterocycles. The SMILES string of the molecule is COc1ccc(Cn2cc(C(=O)N3CCNCC3c3cccc(F)c3)cn2)cc1.Cl. The van der Waals surface area contributed by atoms with E-state index in [1.807, 2.05) is 30.3 Å². The second-order valence-electron chi connectivity index (χ2n) is 7.05. The molecule has 0 bridgehead atoms. The van der Waals surface area contributed by atoms with Gasteiger partial charge in [-0.15, -0.1) is 12.4 Å². The number of amides is 1. The number of carbonyl (C=O) groups excluding carboxylic acids is 1. The van der Waals surface area contributed by atoms with Crippen molar-refractivity contribution in [1.82, 2.24) is 20.0 Å². The van der Waals surface area contributed by atoms with E-state index in [0.717, 1.165) is 16.9 Å². The van der Waals surface area contributed by atoms with Crippen molar-refractivity contribution in [3.8, 4) is 5.75 Å². The van der Waals surface area contributed by atoms with Crippen molar-refractivity contribution < 1.29 is 13.9 Å². The minimum absolute atomic E-state index is 0. The van der Waals surface area contributed by atoms with Gasteiger partial charge in [-0.3, -0.25) is 9.48 Å². The summed E-state index contributed by atoms with van der Waals surface area (Å²) in [6.45, 7) is 2.42. The molecule has 1 fully saturated rings. The number of piperazine rings is 1. The van der Waals surface area contributed by atoms with Crippen LogP contribution in [-0.4, -0.2) is 47.3 Å². The maximum atomic E-state index is 13.7. The van der Waals surface area contributed by atoms with Crippen LogP contribution in [0.25, 0.3) is 0 Å². The van der Waals surface area contributed by atoms with Crippen molar-refractivity contribution in [1.29, 1.82) is 0 Å². The number of benzene rings is 2. The van der Waals surface area contributed by atoms with Gasteiger partial charge in [0.25, 0.3) is 5.91 Å². The first-order valence-corrected chi connectivity index (χ1v) is 9.56. The zero-order valence-electron chi connectivity index (χ0n) is 16.6. The molecule has 1 N–H and O–H groups in total. The summed E-state index contributed by atoms with van der Waals surface area (Å²) in [6, 6.07) is 14.0. The number of nitrogens with zero attached hydrogens (tertiary/aromatic N) is 3. The lowest BCUT2D eigenvalue weighted by molar-refractivity contribution is 0.0634. The van der Waals surface area contributed by atoms with Crippen LogP contribution in [0.5, 0.6) is 5.75 Å². The van der Waals surface area contributed by atoms with E-state index < -0.39 is 0 Å². The fourth-order valence-electron chi connectivity index (χ4n) is 3.60. The molecule has 0 spiro atoms. The summed E-state index contributed by atoms with van der Waals surface area (Å²) >= 11 is 0. The third-order valence-corrected chi connectivity index (χ3v) is 5.12. The number of hydrogen-bond donors (Lipinski definition) is 1. The number of aromatic nitrogens is 2. The summed E-state index contributed by atoms with van der Waals surface area (Å²) in [5, 5.41) is 7.63. The largest absolute Gasteiger partial charge is 0.497 e. The fraction of sp³-hybridized carbons (Fsp3) is 0.273. The normalized spacial score (nSPS) is 16.1. The maximum absolute atomic E-state index is 13.7. The second-order valence-corrected chi connectivity index (χ2v) is 7.05. The lowest BCUT2D eigenvalue weighted by Gasteiger charge is -2.36. The van der Waals surface area contributed by atoms with Crippen molar-refractivity contribution in [2.45, 2.75) is 12.6 Å². The molecule has 1 unspecified atom stereocenters. The summed E-state index contributed by atoms with van der Waals surface area (Å²) in [7, 11) is 1.63. The Morgan fingerprint density at radius 1 is 1.27 bits per heavy atom.